The van der Waals surface area contributed by atoms with Crippen LogP contribution in [0.4, 0.5) is 0 Å². The van der Waals surface area contributed by atoms with Crippen LogP contribution in [0.25, 0.3) is 17.3 Å². The standard InChI is InChI=1S/C25H29N3O2S/c1-14-11-17-18(25(4,5)10-9-24(17,2)3)13-16(14)21-20(30-6)8-7-15(26-21)12-19-22(29)28-23(31)27-19/h7-8,11-13H,9-10H2,1-6H3,(H2,27,28,29,31). The minimum Gasteiger partial charge on any atom is -0.494 e. The van der Waals surface area contributed by atoms with Crippen LogP contribution < -0.4 is 15.4 Å². The Kier molecular flexibility index (Phi) is 5.16. The molecule has 2 aromatic rings. The van der Waals surface area contributed by atoms with Crippen molar-refractivity contribution in [1.82, 2.24) is 15.6 Å². The zero-order chi connectivity index (χ0) is 22.6. The second-order valence-electron chi connectivity index (χ2n) is 9.73. The Morgan fingerprint density at radius 1 is 1.06 bits per heavy atom. The van der Waals surface area contributed by atoms with Crippen molar-refractivity contribution in [3.8, 4) is 17.0 Å². The lowest BCUT2D eigenvalue weighted by atomic mass is 9.62. The summed E-state index contributed by atoms with van der Waals surface area (Å²) in [6.07, 6.45) is 4.03. The summed E-state index contributed by atoms with van der Waals surface area (Å²) >= 11 is 5.02. The molecular weight excluding hydrogens is 406 g/mol. The summed E-state index contributed by atoms with van der Waals surface area (Å²) in [5.74, 6) is 0.454. The lowest BCUT2D eigenvalue weighted by Crippen LogP contribution is -2.34. The summed E-state index contributed by atoms with van der Waals surface area (Å²) in [7, 11) is 1.66. The van der Waals surface area contributed by atoms with Gasteiger partial charge in [-0.15, -0.1) is 0 Å². The lowest BCUT2D eigenvalue weighted by Gasteiger charge is -2.42. The number of amides is 1. The number of fused-ring (bicyclic) bond motifs is 1. The Bertz CT molecular complexity index is 1130. The van der Waals surface area contributed by atoms with E-state index in [0.717, 1.165) is 23.2 Å². The van der Waals surface area contributed by atoms with Crippen LogP contribution in [-0.4, -0.2) is 23.1 Å². The number of rotatable bonds is 3. The van der Waals surface area contributed by atoms with Gasteiger partial charge in [-0.2, -0.15) is 0 Å². The van der Waals surface area contributed by atoms with Crippen molar-refractivity contribution in [1.29, 1.82) is 0 Å². The maximum Gasteiger partial charge on any atom is 0.273 e. The molecule has 1 aliphatic heterocycles. The molecule has 1 aromatic carbocycles. The average Bonchev–Trinajstić information content (AvgIpc) is 3.02. The van der Waals surface area contributed by atoms with Crippen LogP contribution >= 0.6 is 12.2 Å². The molecule has 0 atom stereocenters. The maximum atomic E-state index is 12.0. The fourth-order valence-electron chi connectivity index (χ4n) is 4.51. The molecule has 5 nitrogen and oxygen atoms in total. The summed E-state index contributed by atoms with van der Waals surface area (Å²) < 4.78 is 5.66. The summed E-state index contributed by atoms with van der Waals surface area (Å²) in [6, 6.07) is 8.35. The van der Waals surface area contributed by atoms with Crippen LogP contribution in [-0.2, 0) is 15.6 Å². The highest BCUT2D eigenvalue weighted by atomic mass is 32.1. The quantitative estimate of drug-likeness (QED) is 0.538. The first-order valence-corrected chi connectivity index (χ1v) is 11.0. The van der Waals surface area contributed by atoms with Gasteiger partial charge in [-0.05, 0) is 83.8 Å². The zero-order valence-corrected chi connectivity index (χ0v) is 19.8. The Hall–Kier alpha value is -2.73. The van der Waals surface area contributed by atoms with Gasteiger partial charge >= 0.3 is 0 Å². The average molecular weight is 436 g/mol. The van der Waals surface area contributed by atoms with E-state index in [0.29, 0.717) is 22.3 Å². The molecule has 0 unspecified atom stereocenters. The molecule has 1 amide bonds. The number of thiocarbonyl (C=S) groups is 1. The highest BCUT2D eigenvalue weighted by Crippen LogP contribution is 2.48. The van der Waals surface area contributed by atoms with Crippen LogP contribution in [0.1, 0.15) is 62.9 Å². The number of ether oxygens (including phenoxy) is 1. The molecule has 0 saturated carbocycles. The number of carbonyl (C=O) groups excluding carboxylic acids is 1. The minimum absolute atomic E-state index is 0.0989. The third-order valence-electron chi connectivity index (χ3n) is 6.56. The fourth-order valence-corrected chi connectivity index (χ4v) is 4.71. The van der Waals surface area contributed by atoms with E-state index in [-0.39, 0.29) is 16.7 Å². The number of aromatic nitrogens is 1. The lowest BCUT2D eigenvalue weighted by molar-refractivity contribution is -0.115. The smallest absolute Gasteiger partial charge is 0.273 e. The summed E-state index contributed by atoms with van der Waals surface area (Å²) in [6.45, 7) is 11.4. The van der Waals surface area contributed by atoms with Gasteiger partial charge in [-0.1, -0.05) is 33.8 Å². The Morgan fingerprint density at radius 3 is 2.29 bits per heavy atom. The molecule has 2 N–H and O–H groups in total. The molecule has 1 saturated heterocycles. The first-order chi connectivity index (χ1) is 14.5. The van der Waals surface area contributed by atoms with Gasteiger partial charge in [0, 0.05) is 5.56 Å². The number of nitrogens with zero attached hydrogens (tertiary/aromatic N) is 1. The van der Waals surface area contributed by atoms with E-state index < -0.39 is 0 Å². The molecule has 0 spiro atoms. The molecule has 4 rings (SSSR count). The van der Waals surface area contributed by atoms with Gasteiger partial charge in [-0.3, -0.25) is 10.1 Å². The number of hydrogen-bond donors (Lipinski definition) is 2. The molecule has 31 heavy (non-hydrogen) atoms. The molecule has 2 aliphatic rings. The van der Waals surface area contributed by atoms with Gasteiger partial charge in [-0.25, -0.2) is 4.98 Å². The fraction of sp³-hybridized carbons (Fsp3) is 0.400. The van der Waals surface area contributed by atoms with E-state index in [1.165, 1.54) is 17.5 Å². The normalized spacial score (nSPS) is 20.3. The SMILES string of the molecule is COc1ccc(C=C2NC(=S)NC2=O)nc1-c1cc2c(cc1C)C(C)(C)CCC2(C)C. The van der Waals surface area contributed by atoms with Crippen molar-refractivity contribution in [3.05, 3.63) is 52.3 Å². The van der Waals surface area contributed by atoms with E-state index in [4.69, 9.17) is 21.9 Å². The molecule has 2 heterocycles. The molecular formula is C25H29N3O2S. The molecule has 0 radical (unpaired) electrons. The second-order valence-corrected chi connectivity index (χ2v) is 10.1. The van der Waals surface area contributed by atoms with Crippen LogP contribution in [0.5, 0.6) is 5.75 Å². The van der Waals surface area contributed by atoms with Gasteiger partial charge in [0.15, 0.2) is 5.11 Å². The van der Waals surface area contributed by atoms with Crippen LogP contribution in [0.2, 0.25) is 0 Å². The Morgan fingerprint density at radius 2 is 1.71 bits per heavy atom. The molecule has 1 fully saturated rings. The van der Waals surface area contributed by atoms with E-state index in [1.807, 2.05) is 12.1 Å². The zero-order valence-electron chi connectivity index (χ0n) is 19.0. The molecule has 1 aromatic heterocycles. The van der Waals surface area contributed by atoms with Crippen molar-refractivity contribution in [3.63, 3.8) is 0 Å². The summed E-state index contributed by atoms with van der Waals surface area (Å²) in [5, 5.41) is 5.76. The van der Waals surface area contributed by atoms with Gasteiger partial charge in [0.05, 0.1) is 12.8 Å². The van der Waals surface area contributed by atoms with Crippen molar-refractivity contribution in [2.75, 3.05) is 7.11 Å². The predicted octanol–water partition coefficient (Wildman–Crippen LogP) is 4.76. The minimum atomic E-state index is -0.252. The Labute approximate surface area is 189 Å². The van der Waals surface area contributed by atoms with E-state index in [9.17, 15) is 4.79 Å². The third-order valence-corrected chi connectivity index (χ3v) is 6.77. The molecule has 6 heteroatoms. The first-order valence-electron chi connectivity index (χ1n) is 10.6. The van der Waals surface area contributed by atoms with E-state index >= 15 is 0 Å². The van der Waals surface area contributed by atoms with Crippen molar-refractivity contribution >= 4 is 29.3 Å². The van der Waals surface area contributed by atoms with E-state index in [1.54, 1.807) is 13.2 Å². The van der Waals surface area contributed by atoms with Gasteiger partial charge in [0.2, 0.25) is 0 Å². The monoisotopic (exact) mass is 435 g/mol. The second kappa shape index (κ2) is 7.45. The first kappa shape index (κ1) is 21.5. The van der Waals surface area contributed by atoms with E-state index in [2.05, 4.69) is 57.4 Å². The van der Waals surface area contributed by atoms with Crippen LogP contribution in [0.15, 0.2) is 30.0 Å². The number of benzene rings is 1. The summed E-state index contributed by atoms with van der Waals surface area (Å²) in [5.41, 5.74) is 7.09. The van der Waals surface area contributed by atoms with Gasteiger partial charge in [0.1, 0.15) is 17.1 Å². The number of pyridine rings is 1. The number of carbonyl (C=O) groups is 1. The van der Waals surface area contributed by atoms with Crippen LogP contribution in [0, 0.1) is 6.92 Å². The van der Waals surface area contributed by atoms with Crippen molar-refractivity contribution in [2.45, 2.75) is 58.3 Å². The number of hydrogen-bond acceptors (Lipinski definition) is 4. The number of methoxy groups -OCH3 is 1. The topological polar surface area (TPSA) is 63.2 Å². The molecule has 0 bridgehead atoms. The number of nitrogens with one attached hydrogen (secondary N) is 2. The molecule has 162 valence electrons. The predicted molar refractivity (Wildman–Crippen MR) is 128 cm³/mol. The highest BCUT2D eigenvalue weighted by Gasteiger charge is 2.37. The van der Waals surface area contributed by atoms with Crippen molar-refractivity contribution in [2.24, 2.45) is 0 Å². The van der Waals surface area contributed by atoms with Gasteiger partial charge in [0.25, 0.3) is 5.91 Å². The Balaban J connectivity index is 1.87. The van der Waals surface area contributed by atoms with Crippen molar-refractivity contribution < 1.29 is 9.53 Å². The largest absolute Gasteiger partial charge is 0.494 e. The molecule has 1 aliphatic carbocycles. The summed E-state index contributed by atoms with van der Waals surface area (Å²) in [4.78, 5) is 16.9. The third kappa shape index (κ3) is 3.85. The number of aryl methyl sites for hydroxylation is 1. The van der Waals surface area contributed by atoms with Gasteiger partial charge < -0.3 is 10.1 Å². The highest BCUT2D eigenvalue weighted by molar-refractivity contribution is 7.80. The maximum absolute atomic E-state index is 12.0. The van der Waals surface area contributed by atoms with Crippen LogP contribution in [0.3, 0.4) is 0 Å².